The predicted octanol–water partition coefficient (Wildman–Crippen LogP) is 3.56. The predicted molar refractivity (Wildman–Crippen MR) is 120 cm³/mol. The minimum absolute atomic E-state index is 0.0744. The van der Waals surface area contributed by atoms with E-state index in [1.54, 1.807) is 6.07 Å². The number of aliphatic hydroxyl groups excluding tert-OH is 1. The minimum Gasteiger partial charge on any atom is -0.462 e. The van der Waals surface area contributed by atoms with Crippen molar-refractivity contribution < 1.29 is 19.4 Å². The van der Waals surface area contributed by atoms with Gasteiger partial charge in [-0.15, -0.1) is 0 Å². The summed E-state index contributed by atoms with van der Waals surface area (Å²) < 4.78 is 10.8. The number of ether oxygens (including phenoxy) is 2. The average Bonchev–Trinajstić information content (AvgIpc) is 3.31. The maximum Gasteiger partial charge on any atom is 0.249 e. The van der Waals surface area contributed by atoms with E-state index in [9.17, 15) is 9.90 Å². The van der Waals surface area contributed by atoms with Crippen LogP contribution in [-0.2, 0) is 20.9 Å². The summed E-state index contributed by atoms with van der Waals surface area (Å²) in [6.07, 6.45) is 3.22. The number of likely N-dealkylation sites (tertiary alicyclic amines) is 1. The number of hydrogen-bond donors (Lipinski definition) is 3. The van der Waals surface area contributed by atoms with Crippen LogP contribution in [0.3, 0.4) is 0 Å². The number of benzene rings is 2. The number of carbonyl (C=O) groups excluding carboxylic acids is 1. The molecule has 4 rings (SSSR count). The molecule has 0 spiro atoms. The highest BCUT2D eigenvalue weighted by molar-refractivity contribution is 6.30. The Kier molecular flexibility index (Phi) is 6.96. The van der Waals surface area contributed by atoms with Crippen LogP contribution in [0.15, 0.2) is 60.6 Å². The van der Waals surface area contributed by atoms with E-state index in [0.717, 1.165) is 29.8 Å². The van der Waals surface area contributed by atoms with E-state index < -0.39 is 6.04 Å². The standard InChI is InChI=1S/C23H26ClN3O4/c24-17-6-7-20(16(12-17)13-28)25-19-8-10-27(11-9-19)22(21-14-30-15-31-21)23(29)26-18-4-2-1-3-5-18/h1-7,12,14,19,22,25,28H,8-11,13,15H2,(H,26,29). The fourth-order valence-corrected chi connectivity index (χ4v) is 4.15. The third-order valence-corrected chi connectivity index (χ3v) is 5.78. The Morgan fingerprint density at radius 1 is 1.19 bits per heavy atom. The summed E-state index contributed by atoms with van der Waals surface area (Å²) in [5.74, 6) is 0.384. The molecule has 0 aromatic heterocycles. The van der Waals surface area contributed by atoms with Crippen LogP contribution in [0.4, 0.5) is 11.4 Å². The molecule has 1 unspecified atom stereocenters. The van der Waals surface area contributed by atoms with Gasteiger partial charge in [-0.25, -0.2) is 0 Å². The maximum absolute atomic E-state index is 13.1. The van der Waals surface area contributed by atoms with E-state index in [1.807, 2.05) is 42.5 Å². The number of hydrogen-bond acceptors (Lipinski definition) is 6. The van der Waals surface area contributed by atoms with Gasteiger partial charge in [0.05, 0.1) is 6.61 Å². The summed E-state index contributed by atoms with van der Waals surface area (Å²) in [6.45, 7) is 1.48. The average molecular weight is 444 g/mol. The van der Waals surface area contributed by atoms with Gasteiger partial charge in [0.25, 0.3) is 0 Å². The second-order valence-electron chi connectivity index (χ2n) is 7.62. The Morgan fingerprint density at radius 2 is 1.97 bits per heavy atom. The molecule has 7 nitrogen and oxygen atoms in total. The third-order valence-electron chi connectivity index (χ3n) is 5.54. The number of para-hydroxylation sites is 1. The van der Waals surface area contributed by atoms with Crippen molar-refractivity contribution >= 4 is 28.9 Å². The molecule has 0 saturated carbocycles. The van der Waals surface area contributed by atoms with Crippen molar-refractivity contribution in [1.29, 1.82) is 0 Å². The lowest BCUT2D eigenvalue weighted by Crippen LogP contribution is -2.50. The number of halogens is 1. The molecule has 3 N–H and O–H groups in total. The minimum atomic E-state index is -0.549. The first-order valence-electron chi connectivity index (χ1n) is 10.3. The van der Waals surface area contributed by atoms with Crippen molar-refractivity contribution in [2.75, 3.05) is 30.5 Å². The number of amides is 1. The van der Waals surface area contributed by atoms with E-state index in [2.05, 4.69) is 15.5 Å². The van der Waals surface area contributed by atoms with E-state index in [4.69, 9.17) is 21.1 Å². The summed E-state index contributed by atoms with van der Waals surface area (Å²) in [5.41, 5.74) is 2.41. The molecule has 1 fully saturated rings. The highest BCUT2D eigenvalue weighted by atomic mass is 35.5. The first kappa shape index (κ1) is 21.5. The number of nitrogens with one attached hydrogen (secondary N) is 2. The number of rotatable bonds is 7. The van der Waals surface area contributed by atoms with Crippen molar-refractivity contribution in [3.63, 3.8) is 0 Å². The number of carbonyl (C=O) groups is 1. The molecule has 1 amide bonds. The molecule has 2 aromatic rings. The molecule has 1 saturated heterocycles. The molecule has 0 aliphatic carbocycles. The molecule has 1 atom stereocenters. The zero-order chi connectivity index (χ0) is 21.6. The Labute approximate surface area is 186 Å². The summed E-state index contributed by atoms with van der Waals surface area (Å²) >= 11 is 6.03. The molecular weight excluding hydrogens is 418 g/mol. The van der Waals surface area contributed by atoms with Gasteiger partial charge in [-0.05, 0) is 43.2 Å². The van der Waals surface area contributed by atoms with E-state index in [1.165, 1.54) is 6.26 Å². The van der Waals surface area contributed by atoms with Crippen LogP contribution in [0, 0.1) is 0 Å². The normalized spacial score (nSPS) is 17.9. The van der Waals surface area contributed by atoms with Gasteiger partial charge in [-0.3, -0.25) is 9.69 Å². The Hall–Kier alpha value is -2.74. The molecule has 8 heteroatoms. The number of anilines is 2. The van der Waals surface area contributed by atoms with Gasteiger partial charge in [-0.1, -0.05) is 29.8 Å². The summed E-state index contributed by atoms with van der Waals surface area (Å²) in [6, 6.07) is 14.5. The fraction of sp³-hybridized carbons (Fsp3) is 0.348. The van der Waals surface area contributed by atoms with E-state index in [0.29, 0.717) is 23.9 Å². The van der Waals surface area contributed by atoms with Crippen LogP contribution in [0.5, 0.6) is 0 Å². The number of nitrogens with zero attached hydrogens (tertiary/aromatic N) is 1. The highest BCUT2D eigenvalue weighted by Gasteiger charge is 2.35. The molecule has 164 valence electrons. The molecule has 2 aliphatic heterocycles. The Bertz CT molecular complexity index is 930. The monoisotopic (exact) mass is 443 g/mol. The fourth-order valence-electron chi connectivity index (χ4n) is 3.96. The zero-order valence-electron chi connectivity index (χ0n) is 17.1. The summed E-state index contributed by atoms with van der Waals surface area (Å²) in [5, 5.41) is 16.7. The van der Waals surface area contributed by atoms with Crippen molar-refractivity contribution in [2.45, 2.75) is 31.5 Å². The van der Waals surface area contributed by atoms with Crippen LogP contribution < -0.4 is 10.6 Å². The van der Waals surface area contributed by atoms with Gasteiger partial charge in [-0.2, -0.15) is 0 Å². The van der Waals surface area contributed by atoms with Gasteiger partial charge in [0.1, 0.15) is 6.26 Å². The SMILES string of the molecule is O=C(Nc1ccccc1)C(C1=COCO1)N1CCC(Nc2ccc(Cl)cc2CO)CC1. The molecule has 2 aliphatic rings. The Morgan fingerprint density at radius 3 is 2.65 bits per heavy atom. The lowest BCUT2D eigenvalue weighted by atomic mass is 10.0. The van der Waals surface area contributed by atoms with Crippen molar-refractivity contribution in [3.05, 3.63) is 71.1 Å². The molecule has 2 aromatic carbocycles. The van der Waals surface area contributed by atoms with Crippen molar-refractivity contribution in [3.8, 4) is 0 Å². The summed E-state index contributed by atoms with van der Waals surface area (Å²) in [4.78, 5) is 15.2. The van der Waals surface area contributed by atoms with Crippen LogP contribution in [0.25, 0.3) is 0 Å². The largest absolute Gasteiger partial charge is 0.462 e. The van der Waals surface area contributed by atoms with E-state index >= 15 is 0 Å². The molecule has 0 radical (unpaired) electrons. The first-order valence-corrected chi connectivity index (χ1v) is 10.7. The molecule has 0 bridgehead atoms. The second-order valence-corrected chi connectivity index (χ2v) is 8.06. The third kappa shape index (κ3) is 5.31. The summed E-state index contributed by atoms with van der Waals surface area (Å²) in [7, 11) is 0. The van der Waals surface area contributed by atoms with Gasteiger partial charge in [0.2, 0.25) is 12.7 Å². The molecule has 31 heavy (non-hydrogen) atoms. The number of aliphatic hydroxyl groups is 1. The lowest BCUT2D eigenvalue weighted by Gasteiger charge is -2.37. The van der Waals surface area contributed by atoms with Gasteiger partial charge in [0.15, 0.2) is 11.8 Å². The van der Waals surface area contributed by atoms with E-state index in [-0.39, 0.29) is 25.3 Å². The topological polar surface area (TPSA) is 83.1 Å². The van der Waals surface area contributed by atoms with Crippen LogP contribution in [-0.4, -0.2) is 47.9 Å². The second kappa shape index (κ2) is 10.0. The zero-order valence-corrected chi connectivity index (χ0v) is 17.8. The van der Waals surface area contributed by atoms with Gasteiger partial charge in [0, 0.05) is 41.1 Å². The van der Waals surface area contributed by atoms with Crippen LogP contribution >= 0.6 is 11.6 Å². The molecular formula is C23H26ClN3O4. The Balaban J connectivity index is 1.41. The smallest absolute Gasteiger partial charge is 0.249 e. The first-order chi connectivity index (χ1) is 15.1. The van der Waals surface area contributed by atoms with Gasteiger partial charge >= 0.3 is 0 Å². The highest BCUT2D eigenvalue weighted by Crippen LogP contribution is 2.26. The quantitative estimate of drug-likeness (QED) is 0.607. The van der Waals surface area contributed by atoms with Crippen molar-refractivity contribution in [2.24, 2.45) is 0 Å². The molecule has 2 heterocycles. The maximum atomic E-state index is 13.1. The van der Waals surface area contributed by atoms with Crippen LogP contribution in [0.2, 0.25) is 5.02 Å². The number of piperidine rings is 1. The van der Waals surface area contributed by atoms with Gasteiger partial charge < -0.3 is 25.2 Å². The van der Waals surface area contributed by atoms with Crippen molar-refractivity contribution in [1.82, 2.24) is 4.90 Å². The lowest BCUT2D eigenvalue weighted by molar-refractivity contribution is -0.121. The van der Waals surface area contributed by atoms with Crippen LogP contribution in [0.1, 0.15) is 18.4 Å².